The molecule has 1 amide bonds. The van der Waals surface area contributed by atoms with Gasteiger partial charge in [0.2, 0.25) is 0 Å². The Hall–Kier alpha value is -2.41. The average molecular weight is 295 g/mol. The van der Waals surface area contributed by atoms with Crippen LogP contribution >= 0.6 is 11.6 Å². The molecule has 0 aliphatic carbocycles. The summed E-state index contributed by atoms with van der Waals surface area (Å²) in [6.45, 7) is 0. The summed E-state index contributed by atoms with van der Waals surface area (Å²) >= 11 is 5.79. The quantitative estimate of drug-likeness (QED) is 0.710. The van der Waals surface area contributed by atoms with Crippen LogP contribution < -0.4 is 5.32 Å². The van der Waals surface area contributed by atoms with Crippen LogP contribution in [0.3, 0.4) is 0 Å². The first-order chi connectivity index (χ1) is 9.58. The fourth-order valence-electron chi connectivity index (χ4n) is 1.61. The minimum atomic E-state index is -1.15. The molecule has 0 fully saturated rings. The molecular formula is C12H11ClN4O3. The van der Waals surface area contributed by atoms with Crippen LogP contribution in [0.1, 0.15) is 16.1 Å². The Balaban J connectivity index is 2.10. The summed E-state index contributed by atoms with van der Waals surface area (Å²) < 4.78 is 0. The highest BCUT2D eigenvalue weighted by Crippen LogP contribution is 2.11. The number of H-pyrrole nitrogens is 1. The third-order valence-electron chi connectivity index (χ3n) is 2.59. The van der Waals surface area contributed by atoms with Gasteiger partial charge in [-0.15, -0.1) is 0 Å². The van der Waals surface area contributed by atoms with Crippen LogP contribution in [0.25, 0.3) is 0 Å². The van der Waals surface area contributed by atoms with Crippen LogP contribution in [0, 0.1) is 0 Å². The number of nitrogens with one attached hydrogen (secondary N) is 2. The molecule has 0 spiro atoms. The van der Waals surface area contributed by atoms with E-state index < -0.39 is 17.9 Å². The molecule has 0 radical (unpaired) electrons. The SMILES string of the molecule is O=C(N[C@H](Cc1cnc[nH]1)C(=O)O)c1cccnc1Cl. The number of carbonyl (C=O) groups is 2. The second-order valence-corrected chi connectivity index (χ2v) is 4.35. The number of halogens is 1. The molecule has 7 nitrogen and oxygen atoms in total. The maximum Gasteiger partial charge on any atom is 0.326 e. The monoisotopic (exact) mass is 294 g/mol. The lowest BCUT2D eigenvalue weighted by Crippen LogP contribution is -2.42. The third kappa shape index (κ3) is 3.33. The van der Waals surface area contributed by atoms with Crippen molar-refractivity contribution in [2.75, 3.05) is 0 Å². The average Bonchev–Trinajstić information content (AvgIpc) is 2.91. The van der Waals surface area contributed by atoms with Crippen molar-refractivity contribution >= 4 is 23.5 Å². The second-order valence-electron chi connectivity index (χ2n) is 3.99. The highest BCUT2D eigenvalue weighted by molar-refractivity contribution is 6.32. The molecule has 0 aromatic carbocycles. The Kier molecular flexibility index (Phi) is 4.31. The van der Waals surface area contributed by atoms with Gasteiger partial charge in [-0.2, -0.15) is 0 Å². The van der Waals surface area contributed by atoms with Gasteiger partial charge in [0.25, 0.3) is 5.91 Å². The number of carbonyl (C=O) groups excluding carboxylic acids is 1. The molecule has 2 rings (SSSR count). The number of aliphatic carboxylic acids is 1. The predicted molar refractivity (Wildman–Crippen MR) is 70.4 cm³/mol. The van der Waals surface area contributed by atoms with E-state index in [1.54, 1.807) is 6.07 Å². The van der Waals surface area contributed by atoms with E-state index in [4.69, 9.17) is 16.7 Å². The second kappa shape index (κ2) is 6.16. The van der Waals surface area contributed by atoms with Crippen LogP contribution in [0.2, 0.25) is 5.15 Å². The standard InChI is InChI=1S/C12H11ClN4O3/c13-10-8(2-1-3-15-10)11(18)17-9(12(19)20)4-7-5-14-6-16-7/h1-3,5-6,9H,4H2,(H,14,16)(H,17,18)(H,19,20)/t9-/m1/s1. The van der Waals surface area contributed by atoms with Crippen molar-refractivity contribution in [1.29, 1.82) is 0 Å². The summed E-state index contributed by atoms with van der Waals surface area (Å²) in [6, 6.07) is 1.94. The van der Waals surface area contributed by atoms with Gasteiger partial charge in [0.15, 0.2) is 0 Å². The first kappa shape index (κ1) is 14.0. The van der Waals surface area contributed by atoms with Crippen molar-refractivity contribution in [3.63, 3.8) is 0 Å². The molecule has 0 aliphatic rings. The van der Waals surface area contributed by atoms with E-state index in [1.807, 2.05) is 0 Å². The van der Waals surface area contributed by atoms with Gasteiger partial charge in [0.05, 0.1) is 11.9 Å². The van der Waals surface area contributed by atoms with E-state index in [-0.39, 0.29) is 17.1 Å². The third-order valence-corrected chi connectivity index (χ3v) is 2.89. The number of amides is 1. The van der Waals surface area contributed by atoms with E-state index in [9.17, 15) is 9.59 Å². The molecule has 0 saturated carbocycles. The zero-order valence-corrected chi connectivity index (χ0v) is 11.0. The summed E-state index contributed by atoms with van der Waals surface area (Å²) in [7, 11) is 0. The van der Waals surface area contributed by atoms with Crippen molar-refractivity contribution < 1.29 is 14.7 Å². The Morgan fingerprint density at radius 1 is 1.50 bits per heavy atom. The number of pyridine rings is 1. The molecule has 2 aromatic heterocycles. The van der Waals surface area contributed by atoms with Crippen molar-refractivity contribution in [1.82, 2.24) is 20.3 Å². The topological polar surface area (TPSA) is 108 Å². The largest absolute Gasteiger partial charge is 0.480 e. The molecule has 2 aromatic rings. The molecule has 3 N–H and O–H groups in total. The van der Waals surface area contributed by atoms with Gasteiger partial charge < -0.3 is 15.4 Å². The normalized spacial score (nSPS) is 11.8. The van der Waals surface area contributed by atoms with Gasteiger partial charge in [0.1, 0.15) is 11.2 Å². The van der Waals surface area contributed by atoms with E-state index in [1.165, 1.54) is 24.8 Å². The number of aromatic amines is 1. The molecule has 20 heavy (non-hydrogen) atoms. The molecule has 104 valence electrons. The number of imidazole rings is 1. The number of nitrogens with zero attached hydrogens (tertiary/aromatic N) is 2. The zero-order chi connectivity index (χ0) is 14.5. The summed E-state index contributed by atoms with van der Waals surface area (Å²) in [5, 5.41) is 11.6. The lowest BCUT2D eigenvalue weighted by Gasteiger charge is -2.13. The van der Waals surface area contributed by atoms with Crippen molar-refractivity contribution in [3.05, 3.63) is 47.3 Å². The molecule has 2 heterocycles. The Morgan fingerprint density at radius 3 is 2.90 bits per heavy atom. The highest BCUT2D eigenvalue weighted by Gasteiger charge is 2.22. The number of hydrogen-bond acceptors (Lipinski definition) is 4. The minimum absolute atomic E-state index is 0.0238. The summed E-state index contributed by atoms with van der Waals surface area (Å²) in [4.78, 5) is 33.5. The minimum Gasteiger partial charge on any atom is -0.480 e. The van der Waals surface area contributed by atoms with E-state index >= 15 is 0 Å². The van der Waals surface area contributed by atoms with Crippen LogP contribution in [0.15, 0.2) is 30.9 Å². The van der Waals surface area contributed by atoms with E-state index in [2.05, 4.69) is 20.3 Å². The highest BCUT2D eigenvalue weighted by atomic mass is 35.5. The first-order valence-corrected chi connectivity index (χ1v) is 6.07. The predicted octanol–water partition coefficient (Wildman–Crippen LogP) is 0.884. The summed E-state index contributed by atoms with van der Waals surface area (Å²) in [5.41, 5.74) is 0.736. The van der Waals surface area contributed by atoms with Gasteiger partial charge in [-0.05, 0) is 12.1 Å². The Bertz CT molecular complexity index is 615. The van der Waals surface area contributed by atoms with Crippen LogP contribution in [-0.4, -0.2) is 38.0 Å². The number of carboxylic acid groups (broad SMARTS) is 1. The zero-order valence-electron chi connectivity index (χ0n) is 10.2. The maximum atomic E-state index is 12.0. The molecule has 0 bridgehead atoms. The number of hydrogen-bond donors (Lipinski definition) is 3. The number of aromatic nitrogens is 3. The molecular weight excluding hydrogens is 284 g/mol. The lowest BCUT2D eigenvalue weighted by molar-refractivity contribution is -0.139. The van der Waals surface area contributed by atoms with Gasteiger partial charge in [-0.1, -0.05) is 11.6 Å². The van der Waals surface area contributed by atoms with E-state index in [0.717, 1.165) is 0 Å². The summed E-state index contributed by atoms with van der Waals surface area (Å²) in [5.74, 6) is -1.73. The maximum absolute atomic E-state index is 12.0. The molecule has 0 saturated heterocycles. The van der Waals surface area contributed by atoms with Crippen molar-refractivity contribution in [2.24, 2.45) is 0 Å². The fourth-order valence-corrected chi connectivity index (χ4v) is 1.81. The van der Waals surface area contributed by atoms with Gasteiger partial charge in [-0.25, -0.2) is 14.8 Å². The number of carboxylic acids is 1. The van der Waals surface area contributed by atoms with Crippen LogP contribution in [0.4, 0.5) is 0 Å². The smallest absolute Gasteiger partial charge is 0.326 e. The molecule has 8 heteroatoms. The van der Waals surface area contributed by atoms with Gasteiger partial charge in [0, 0.05) is 24.5 Å². The van der Waals surface area contributed by atoms with Crippen molar-refractivity contribution in [2.45, 2.75) is 12.5 Å². The van der Waals surface area contributed by atoms with Crippen LogP contribution in [-0.2, 0) is 11.2 Å². The molecule has 1 atom stereocenters. The lowest BCUT2D eigenvalue weighted by atomic mass is 10.1. The van der Waals surface area contributed by atoms with Crippen molar-refractivity contribution in [3.8, 4) is 0 Å². The van der Waals surface area contributed by atoms with Gasteiger partial charge in [-0.3, -0.25) is 4.79 Å². The van der Waals surface area contributed by atoms with Gasteiger partial charge >= 0.3 is 5.97 Å². The molecule has 0 unspecified atom stereocenters. The fraction of sp³-hybridized carbons (Fsp3) is 0.167. The van der Waals surface area contributed by atoms with Crippen LogP contribution in [0.5, 0.6) is 0 Å². The number of rotatable bonds is 5. The summed E-state index contributed by atoms with van der Waals surface area (Å²) in [6.07, 6.45) is 4.48. The molecule has 0 aliphatic heterocycles. The Labute approximate surface area is 119 Å². The Morgan fingerprint density at radius 2 is 2.30 bits per heavy atom. The van der Waals surface area contributed by atoms with E-state index in [0.29, 0.717) is 5.69 Å². The first-order valence-electron chi connectivity index (χ1n) is 5.69.